The Morgan fingerprint density at radius 3 is 1.34 bits per heavy atom. The second-order valence-corrected chi connectivity index (χ2v) is 20.9. The number of nitrogens with zero attached hydrogens (tertiary/aromatic N) is 6. The van der Waals surface area contributed by atoms with Crippen LogP contribution in [-0.4, -0.2) is 153 Å². The summed E-state index contributed by atoms with van der Waals surface area (Å²) >= 11 is 0. The van der Waals surface area contributed by atoms with Crippen LogP contribution in [0.5, 0.6) is 0 Å². The molecule has 0 radical (unpaired) electrons. The molecule has 0 saturated carbocycles. The van der Waals surface area contributed by atoms with Crippen molar-refractivity contribution < 1.29 is 66.9 Å². The number of hydrogen-bond acceptors (Lipinski definition) is 18. The van der Waals surface area contributed by atoms with Gasteiger partial charge in [0.05, 0.1) is 44.4 Å². The molecule has 0 bridgehead atoms. The first kappa shape index (κ1) is 73.2. The Labute approximate surface area is 512 Å². The molecule has 0 aliphatic rings. The van der Waals surface area contributed by atoms with Gasteiger partial charge in [-0.2, -0.15) is 0 Å². The van der Waals surface area contributed by atoms with Crippen molar-refractivity contribution in [2.45, 2.75) is 157 Å². The van der Waals surface area contributed by atoms with Gasteiger partial charge in [0.2, 0.25) is 35.4 Å². The van der Waals surface area contributed by atoms with Crippen LogP contribution in [0.15, 0.2) is 60.9 Å². The molecule has 4 rings (SSSR count). The molecule has 0 fully saturated rings. The lowest BCUT2D eigenvalue weighted by atomic mass is 10.0. The lowest BCUT2D eigenvalue weighted by molar-refractivity contribution is -0.143. The zero-order valence-electron chi connectivity index (χ0n) is 51.5. The first-order chi connectivity index (χ1) is 42.0. The fourth-order valence-corrected chi connectivity index (χ4v) is 7.94. The van der Waals surface area contributed by atoms with Gasteiger partial charge < -0.3 is 72.9 Å². The predicted octanol–water partition coefficient (Wildman–Crippen LogP) is 2.05. The summed E-state index contributed by atoms with van der Waals surface area (Å²) in [5, 5.41) is 37.5. The van der Waals surface area contributed by atoms with Crippen molar-refractivity contribution in [3.05, 3.63) is 83.4 Å². The third kappa shape index (κ3) is 30.3. The molecule has 2 aromatic carbocycles. The molecule has 0 aliphatic heterocycles. The molecule has 30 nitrogen and oxygen atoms in total. The molecular weight excluding hydrogens is 1140 g/mol. The smallest absolute Gasteiger partial charge is 0.312 e. The largest absolute Gasteiger partial charge is 0.461 e. The lowest BCUT2D eigenvalue weighted by Gasteiger charge is -2.25. The Morgan fingerprint density at radius 1 is 0.534 bits per heavy atom. The van der Waals surface area contributed by atoms with Gasteiger partial charge in [0.25, 0.3) is 0 Å². The van der Waals surface area contributed by atoms with Crippen molar-refractivity contribution in [3.63, 3.8) is 0 Å². The maximum atomic E-state index is 13.3. The van der Waals surface area contributed by atoms with Crippen molar-refractivity contribution in [2.24, 2.45) is 23.3 Å². The molecule has 2 aromatic heterocycles. The van der Waals surface area contributed by atoms with E-state index in [-0.39, 0.29) is 88.9 Å². The highest BCUT2D eigenvalue weighted by molar-refractivity contribution is 5.99. The first-order valence-corrected chi connectivity index (χ1v) is 29.2. The van der Waals surface area contributed by atoms with Crippen LogP contribution in [0.2, 0.25) is 0 Å². The van der Waals surface area contributed by atoms with Crippen LogP contribution >= 0.6 is 0 Å². The molecule has 10 amide bonds. The summed E-state index contributed by atoms with van der Waals surface area (Å²) in [6.45, 7) is 16.6. The summed E-state index contributed by atoms with van der Waals surface area (Å²) in [5.74, 6) is -4.08. The second-order valence-electron chi connectivity index (χ2n) is 20.9. The Balaban J connectivity index is 0.000000460. The molecule has 0 aliphatic carbocycles. The average molecular weight is 1230 g/mol. The van der Waals surface area contributed by atoms with Crippen molar-refractivity contribution in [3.8, 4) is 0 Å². The van der Waals surface area contributed by atoms with E-state index in [1.54, 1.807) is 85.6 Å². The Bertz CT molecular complexity index is 2650. The van der Waals surface area contributed by atoms with Crippen molar-refractivity contribution in [1.29, 1.82) is 0 Å². The molecule has 484 valence electrons. The van der Waals surface area contributed by atoms with Gasteiger partial charge in [-0.25, -0.2) is 14.3 Å². The van der Waals surface area contributed by atoms with Gasteiger partial charge in [-0.15, -0.1) is 10.2 Å². The summed E-state index contributed by atoms with van der Waals surface area (Å²) in [5.41, 5.74) is 14.4. The van der Waals surface area contributed by atoms with E-state index in [1.165, 1.54) is 13.8 Å². The Kier molecular flexibility index (Phi) is 33.6. The number of carbonyl (C=O) groups excluding carboxylic acids is 10. The SMILES string of the molecule is CCc1cn(CCOCCC(=O)N[C@H](C(=O)N[C@@H](CCCNC(N)=O)C(=O)Nc2ccc(COC(C)=O)cc2)C(C)C)nn1.CCn1cc(CCOCCC(=O)N[C@H](C(=O)N[C@@H](CCCNC(N)=O)C(=O)Nc2ccc(COC(C)=O)cc2)C(C)C)nn1. The van der Waals surface area contributed by atoms with Crippen LogP contribution in [0.25, 0.3) is 0 Å². The minimum absolute atomic E-state index is 0.0459. The van der Waals surface area contributed by atoms with Gasteiger partial charge in [-0.3, -0.25) is 43.0 Å². The maximum Gasteiger partial charge on any atom is 0.312 e. The third-order valence-corrected chi connectivity index (χ3v) is 12.8. The number of primary amides is 2. The van der Waals surface area contributed by atoms with E-state index in [9.17, 15) is 47.9 Å². The number of amides is 10. The minimum Gasteiger partial charge on any atom is -0.461 e. The van der Waals surface area contributed by atoms with E-state index >= 15 is 0 Å². The molecule has 0 saturated heterocycles. The number of aryl methyl sites for hydroxylation is 2. The monoisotopic (exact) mass is 1230 g/mol. The summed E-state index contributed by atoms with van der Waals surface area (Å²) in [7, 11) is 0. The van der Waals surface area contributed by atoms with E-state index < -0.39 is 71.8 Å². The quantitative estimate of drug-likeness (QED) is 0.0227. The summed E-state index contributed by atoms with van der Waals surface area (Å²) in [6.07, 6.45) is 6.23. The molecule has 0 spiro atoms. The van der Waals surface area contributed by atoms with Crippen LogP contribution in [-0.2, 0) is 96.4 Å². The number of ether oxygens (including phenoxy) is 4. The van der Waals surface area contributed by atoms with Crippen LogP contribution < -0.4 is 54.0 Å². The number of carbonyl (C=O) groups is 10. The Morgan fingerprint density at radius 2 is 0.955 bits per heavy atom. The van der Waals surface area contributed by atoms with Gasteiger partial charge in [-0.1, -0.05) is 69.3 Å². The number of rotatable bonds is 38. The van der Waals surface area contributed by atoms with E-state index in [0.29, 0.717) is 50.4 Å². The third-order valence-electron chi connectivity index (χ3n) is 12.8. The maximum absolute atomic E-state index is 13.3. The van der Waals surface area contributed by atoms with E-state index in [2.05, 4.69) is 63.2 Å². The van der Waals surface area contributed by atoms with E-state index in [4.69, 9.17) is 30.4 Å². The molecule has 30 heteroatoms. The zero-order chi connectivity index (χ0) is 65.0. The lowest BCUT2D eigenvalue weighted by Crippen LogP contribution is -2.54. The fourth-order valence-electron chi connectivity index (χ4n) is 7.94. The van der Waals surface area contributed by atoms with Crippen LogP contribution in [0, 0.1) is 11.8 Å². The van der Waals surface area contributed by atoms with Gasteiger partial charge in [-0.05, 0) is 86.3 Å². The van der Waals surface area contributed by atoms with Gasteiger partial charge in [0.1, 0.15) is 37.4 Å². The number of aromatic nitrogens is 6. The summed E-state index contributed by atoms with van der Waals surface area (Å²) in [6, 6.07) is 8.29. The van der Waals surface area contributed by atoms with Crippen LogP contribution in [0.4, 0.5) is 21.0 Å². The highest BCUT2D eigenvalue weighted by Gasteiger charge is 2.31. The number of nitrogens with one attached hydrogen (secondary N) is 8. The normalized spacial score (nSPS) is 12.2. The van der Waals surface area contributed by atoms with Crippen molar-refractivity contribution in [1.82, 2.24) is 61.9 Å². The summed E-state index contributed by atoms with van der Waals surface area (Å²) in [4.78, 5) is 122. The standard InChI is InChI=1S/2C29H44N8O7/c1-5-37-17-23(35-36-37)12-15-43-16-13-25(39)34-26(19(2)3)28(41)33-24(7-6-14-31-29(30)42)27(40)32-22-10-8-21(9-11-22)18-44-20(4)38;1-5-22-17-37(36-35-22)14-16-43-15-12-25(39)34-26(19(2)3)28(41)33-24(7-6-13-31-29(30)42)27(40)32-23-10-8-21(9-11-23)18-44-20(4)38/h2*8-11,17,19,24,26H,5-7,12-16,18H2,1-4H3,(H,32,40)(H,33,41)(H,34,39)(H3,30,31,42)/t2*24-,26-/m00/s1. The van der Waals surface area contributed by atoms with Crippen molar-refractivity contribution >= 4 is 70.8 Å². The van der Waals surface area contributed by atoms with Gasteiger partial charge in [0, 0.05) is 76.5 Å². The molecule has 4 atom stereocenters. The summed E-state index contributed by atoms with van der Waals surface area (Å²) < 4.78 is 24.4. The zero-order valence-corrected chi connectivity index (χ0v) is 51.5. The fraction of sp³-hybridized carbons (Fsp3) is 0.552. The molecule has 2 heterocycles. The number of nitrogens with two attached hydrogens (primary N) is 2. The van der Waals surface area contributed by atoms with Crippen LogP contribution in [0.1, 0.15) is 116 Å². The molecule has 88 heavy (non-hydrogen) atoms. The van der Waals surface area contributed by atoms with Crippen molar-refractivity contribution in [2.75, 3.05) is 50.2 Å². The molecule has 12 N–H and O–H groups in total. The predicted molar refractivity (Wildman–Crippen MR) is 322 cm³/mol. The number of hydrogen-bond donors (Lipinski definition) is 10. The highest BCUT2D eigenvalue weighted by atomic mass is 16.5. The molecule has 0 unspecified atom stereocenters. The highest BCUT2D eigenvalue weighted by Crippen LogP contribution is 2.15. The minimum atomic E-state index is -0.968. The average Bonchev–Trinajstić information content (AvgIpc) is 4.29. The number of esters is 2. The molecular formula is C58H88N16O14. The van der Waals surface area contributed by atoms with Gasteiger partial charge >= 0.3 is 24.0 Å². The first-order valence-electron chi connectivity index (χ1n) is 29.2. The van der Waals surface area contributed by atoms with Gasteiger partial charge in [0.15, 0.2) is 0 Å². The number of urea groups is 2. The van der Waals surface area contributed by atoms with Crippen LogP contribution in [0.3, 0.4) is 0 Å². The Hall–Kier alpha value is -9.06. The topological polar surface area (TPSA) is 417 Å². The number of anilines is 2. The number of benzene rings is 2. The van der Waals surface area contributed by atoms with E-state index in [0.717, 1.165) is 35.5 Å². The molecule has 4 aromatic rings. The second kappa shape index (κ2) is 40.3. The van der Waals surface area contributed by atoms with E-state index in [1.807, 2.05) is 26.2 Å².